The Kier molecular flexibility index (Phi) is 4.66. The van der Waals surface area contributed by atoms with E-state index in [2.05, 4.69) is 20.7 Å². The van der Waals surface area contributed by atoms with Gasteiger partial charge in [-0.2, -0.15) is 18.0 Å². The van der Waals surface area contributed by atoms with E-state index in [0.717, 1.165) is 12.1 Å². The summed E-state index contributed by atoms with van der Waals surface area (Å²) in [5.41, 5.74) is 6.26. The van der Waals surface area contributed by atoms with Crippen molar-refractivity contribution in [2.45, 2.75) is 12.7 Å². The molecular formula is C16H15F3N6. The summed E-state index contributed by atoms with van der Waals surface area (Å²) >= 11 is 0. The smallest absolute Gasteiger partial charge is 0.355 e. The second kappa shape index (κ2) is 6.89. The van der Waals surface area contributed by atoms with E-state index in [0.29, 0.717) is 35.9 Å². The second-order valence-corrected chi connectivity index (χ2v) is 5.25. The molecule has 6 nitrogen and oxygen atoms in total. The number of aromatic nitrogens is 4. The highest BCUT2D eigenvalue weighted by Crippen LogP contribution is 2.33. The highest BCUT2D eigenvalue weighted by atomic mass is 19.4. The van der Waals surface area contributed by atoms with Crippen molar-refractivity contribution in [3.8, 4) is 11.4 Å². The van der Waals surface area contributed by atoms with E-state index in [4.69, 9.17) is 5.73 Å². The van der Waals surface area contributed by atoms with Gasteiger partial charge >= 0.3 is 6.18 Å². The maximum Gasteiger partial charge on any atom is 0.416 e. The Morgan fingerprint density at radius 2 is 1.88 bits per heavy atom. The fourth-order valence-corrected chi connectivity index (χ4v) is 2.28. The number of nitrogens with zero attached hydrogens (tertiary/aromatic N) is 4. The van der Waals surface area contributed by atoms with Gasteiger partial charge in [-0.1, -0.05) is 18.2 Å². The van der Waals surface area contributed by atoms with Gasteiger partial charge in [-0.3, -0.25) is 0 Å². The lowest BCUT2D eigenvalue weighted by Gasteiger charge is -2.12. The number of halogens is 3. The zero-order valence-corrected chi connectivity index (χ0v) is 13.0. The van der Waals surface area contributed by atoms with Crippen molar-refractivity contribution in [1.82, 2.24) is 20.2 Å². The third-order valence-corrected chi connectivity index (χ3v) is 3.42. The van der Waals surface area contributed by atoms with Gasteiger partial charge in [-0.25, -0.2) is 0 Å². The van der Waals surface area contributed by atoms with Gasteiger partial charge in [0.05, 0.1) is 12.1 Å². The zero-order chi connectivity index (χ0) is 17.9. The highest BCUT2D eigenvalue weighted by Gasteiger charge is 2.30. The van der Waals surface area contributed by atoms with Crippen LogP contribution in [0.2, 0.25) is 0 Å². The predicted octanol–water partition coefficient (Wildman–Crippen LogP) is 3.06. The first-order valence-electron chi connectivity index (χ1n) is 7.49. The van der Waals surface area contributed by atoms with Gasteiger partial charge < -0.3 is 11.1 Å². The fourth-order valence-electron chi connectivity index (χ4n) is 2.28. The maximum atomic E-state index is 12.9. The molecule has 0 bridgehead atoms. The molecule has 25 heavy (non-hydrogen) atoms. The Morgan fingerprint density at radius 1 is 1.08 bits per heavy atom. The number of anilines is 2. The number of hydrogen-bond donors (Lipinski definition) is 2. The van der Waals surface area contributed by atoms with E-state index in [-0.39, 0.29) is 0 Å². The topological polar surface area (TPSA) is 81.7 Å². The van der Waals surface area contributed by atoms with Crippen molar-refractivity contribution in [2.75, 3.05) is 11.9 Å². The lowest BCUT2D eigenvalue weighted by Crippen LogP contribution is -2.12. The molecule has 0 aliphatic heterocycles. The Morgan fingerprint density at radius 3 is 2.64 bits per heavy atom. The number of nitrogens with one attached hydrogen (secondary N) is 1. The van der Waals surface area contributed by atoms with Gasteiger partial charge in [0.2, 0.25) is 5.82 Å². The van der Waals surface area contributed by atoms with Crippen LogP contribution in [0.1, 0.15) is 5.56 Å². The van der Waals surface area contributed by atoms with Crippen LogP contribution in [0.15, 0.2) is 48.5 Å². The third kappa shape index (κ3) is 3.94. The average Bonchev–Trinajstić information content (AvgIpc) is 3.04. The Hall–Kier alpha value is -2.94. The van der Waals surface area contributed by atoms with Gasteiger partial charge in [0, 0.05) is 23.5 Å². The molecule has 2 aromatic carbocycles. The molecule has 0 fully saturated rings. The molecule has 1 heterocycles. The lowest BCUT2D eigenvalue weighted by atomic mass is 10.1. The minimum Gasteiger partial charge on any atom is -0.355 e. The monoisotopic (exact) mass is 348 g/mol. The van der Waals surface area contributed by atoms with Crippen molar-refractivity contribution in [3.05, 3.63) is 54.1 Å². The first-order chi connectivity index (χ1) is 12.0. The summed E-state index contributed by atoms with van der Waals surface area (Å²) in [5, 5.41) is 15.1. The van der Waals surface area contributed by atoms with E-state index in [1.165, 1.54) is 10.9 Å². The molecule has 0 saturated carbocycles. The molecule has 3 aromatic rings. The summed E-state index contributed by atoms with van der Waals surface area (Å²) in [6.45, 7) is 0.802. The molecule has 3 rings (SSSR count). The van der Waals surface area contributed by atoms with Gasteiger partial charge in [0.25, 0.3) is 0 Å². The molecule has 130 valence electrons. The maximum absolute atomic E-state index is 12.9. The molecule has 0 radical (unpaired) electrons. The van der Waals surface area contributed by atoms with Gasteiger partial charge in [-0.05, 0) is 35.5 Å². The van der Waals surface area contributed by atoms with Crippen LogP contribution >= 0.6 is 0 Å². The van der Waals surface area contributed by atoms with Crippen molar-refractivity contribution in [3.63, 3.8) is 0 Å². The molecule has 0 atom stereocenters. The third-order valence-electron chi connectivity index (χ3n) is 3.42. The molecule has 1 aromatic heterocycles. The van der Waals surface area contributed by atoms with E-state index in [1.54, 1.807) is 30.3 Å². The Bertz CT molecular complexity index is 859. The van der Waals surface area contributed by atoms with Crippen LogP contribution in [0.4, 0.5) is 24.5 Å². The van der Waals surface area contributed by atoms with Crippen molar-refractivity contribution >= 4 is 11.4 Å². The van der Waals surface area contributed by atoms with E-state index in [9.17, 15) is 13.2 Å². The fraction of sp³-hybridized carbons (Fsp3) is 0.188. The molecule has 0 amide bonds. The normalized spacial score (nSPS) is 11.5. The number of nitrogens with two attached hydrogens (primary N) is 1. The first-order valence-corrected chi connectivity index (χ1v) is 7.49. The first kappa shape index (κ1) is 16.9. The number of benzene rings is 2. The predicted molar refractivity (Wildman–Crippen MR) is 87.0 cm³/mol. The molecule has 9 heteroatoms. The van der Waals surface area contributed by atoms with Crippen LogP contribution in [0, 0.1) is 0 Å². The minimum absolute atomic E-state index is 0.316. The van der Waals surface area contributed by atoms with Crippen LogP contribution in [0.25, 0.3) is 11.4 Å². The highest BCUT2D eigenvalue weighted by molar-refractivity contribution is 5.77. The average molecular weight is 348 g/mol. The molecule has 0 saturated heterocycles. The van der Waals surface area contributed by atoms with Crippen molar-refractivity contribution in [1.29, 1.82) is 0 Å². The summed E-state index contributed by atoms with van der Waals surface area (Å²) in [5.74, 6) is 0.364. The summed E-state index contributed by atoms with van der Waals surface area (Å²) in [6.07, 6.45) is -4.40. The number of alkyl halides is 3. The Balaban J connectivity index is 1.91. The van der Waals surface area contributed by atoms with Crippen LogP contribution in [-0.4, -0.2) is 26.8 Å². The molecule has 0 aliphatic rings. The largest absolute Gasteiger partial charge is 0.416 e. The molecular weight excluding hydrogens is 333 g/mol. The molecule has 0 spiro atoms. The number of tetrazole rings is 1. The lowest BCUT2D eigenvalue weighted by molar-refractivity contribution is -0.137. The number of rotatable bonds is 5. The number of para-hydroxylation sites is 1. The van der Waals surface area contributed by atoms with E-state index < -0.39 is 11.7 Å². The second-order valence-electron chi connectivity index (χ2n) is 5.25. The van der Waals surface area contributed by atoms with Crippen LogP contribution in [0.3, 0.4) is 0 Å². The minimum atomic E-state index is -4.40. The van der Waals surface area contributed by atoms with Crippen LogP contribution in [0.5, 0.6) is 0 Å². The van der Waals surface area contributed by atoms with E-state index >= 15 is 0 Å². The molecule has 3 N–H and O–H groups in total. The summed E-state index contributed by atoms with van der Waals surface area (Å²) in [7, 11) is 0. The van der Waals surface area contributed by atoms with Gasteiger partial charge in [-0.15, -0.1) is 10.2 Å². The summed E-state index contributed by atoms with van der Waals surface area (Å²) in [6, 6.07) is 12.0. The van der Waals surface area contributed by atoms with E-state index in [1.807, 2.05) is 0 Å². The summed E-state index contributed by atoms with van der Waals surface area (Å²) in [4.78, 5) is 1.37. The standard InChI is InChI=1S/C16H15F3N6/c17-16(18,19)11-4-3-5-12(10-11)21-14-7-2-1-6-13(14)15-22-24-25(23-15)9-8-20/h1-7,10,21H,8-9,20H2. The Labute approximate surface area is 141 Å². The summed E-state index contributed by atoms with van der Waals surface area (Å²) < 4.78 is 38.6. The van der Waals surface area contributed by atoms with Crippen LogP contribution < -0.4 is 11.1 Å². The van der Waals surface area contributed by atoms with Gasteiger partial charge in [0.1, 0.15) is 0 Å². The van der Waals surface area contributed by atoms with Crippen molar-refractivity contribution in [2.24, 2.45) is 5.73 Å². The SMILES string of the molecule is NCCn1nnc(-c2ccccc2Nc2cccc(C(F)(F)F)c2)n1. The van der Waals surface area contributed by atoms with Gasteiger partial charge in [0.15, 0.2) is 0 Å². The molecule has 0 aliphatic carbocycles. The quantitative estimate of drug-likeness (QED) is 0.741. The van der Waals surface area contributed by atoms with Crippen LogP contribution in [-0.2, 0) is 12.7 Å². The zero-order valence-electron chi connectivity index (χ0n) is 13.0. The van der Waals surface area contributed by atoms with Crippen molar-refractivity contribution < 1.29 is 13.2 Å². The number of hydrogen-bond acceptors (Lipinski definition) is 5. The molecule has 0 unspecified atom stereocenters.